The number of aromatic amines is 1. The van der Waals surface area contributed by atoms with E-state index < -0.39 is 0 Å². The molecule has 2 heterocycles. The van der Waals surface area contributed by atoms with Gasteiger partial charge < -0.3 is 10.3 Å². The van der Waals surface area contributed by atoms with Crippen LogP contribution in [-0.2, 0) is 4.79 Å². The van der Waals surface area contributed by atoms with Gasteiger partial charge in [-0.15, -0.1) is 0 Å². The number of H-pyrrole nitrogens is 1. The van der Waals surface area contributed by atoms with Crippen LogP contribution in [0.25, 0.3) is 27.6 Å². The van der Waals surface area contributed by atoms with Crippen molar-refractivity contribution in [3.8, 4) is 11.1 Å². The largest absolute Gasteiger partial charge is 0.361 e. The highest BCUT2D eigenvalue weighted by Gasteiger charge is 2.24. The molecule has 0 saturated heterocycles. The summed E-state index contributed by atoms with van der Waals surface area (Å²) in [6.07, 6.45) is 5.30. The molecular weight excluding hydrogens is 394 g/mol. The van der Waals surface area contributed by atoms with E-state index in [2.05, 4.69) is 63.9 Å². The monoisotopic (exact) mass is 421 g/mol. The second kappa shape index (κ2) is 8.85. The fourth-order valence-corrected chi connectivity index (χ4v) is 4.48. The third-order valence-electron chi connectivity index (χ3n) is 6.37. The van der Waals surface area contributed by atoms with Crippen LogP contribution in [0.1, 0.15) is 18.9 Å². The summed E-state index contributed by atoms with van der Waals surface area (Å²) in [6.45, 7) is 3.62. The number of para-hydroxylation sites is 2. The zero-order valence-electron chi connectivity index (χ0n) is 18.2. The lowest BCUT2D eigenvalue weighted by Gasteiger charge is -2.31. The van der Waals surface area contributed by atoms with Gasteiger partial charge in [0.1, 0.15) is 0 Å². The molecule has 4 aromatic rings. The van der Waals surface area contributed by atoms with Gasteiger partial charge in [0.15, 0.2) is 0 Å². The minimum Gasteiger partial charge on any atom is -0.361 e. The summed E-state index contributed by atoms with van der Waals surface area (Å²) in [4.78, 5) is 18.7. The molecule has 0 saturated carbocycles. The van der Waals surface area contributed by atoms with Gasteiger partial charge in [-0.3, -0.25) is 9.69 Å². The van der Waals surface area contributed by atoms with Gasteiger partial charge in [-0.05, 0) is 36.6 Å². The van der Waals surface area contributed by atoms with Gasteiger partial charge in [0, 0.05) is 47.0 Å². The molecule has 5 rings (SSSR count). The third-order valence-corrected chi connectivity index (χ3v) is 6.37. The molecule has 1 unspecified atom stereocenters. The fourth-order valence-electron chi connectivity index (χ4n) is 4.48. The van der Waals surface area contributed by atoms with Gasteiger partial charge in [-0.1, -0.05) is 72.8 Å². The molecular formula is C28H27N3O. The van der Waals surface area contributed by atoms with Gasteiger partial charge in [0.05, 0.1) is 6.04 Å². The number of nitrogens with zero attached hydrogens (tertiary/aromatic N) is 1. The van der Waals surface area contributed by atoms with Gasteiger partial charge in [-0.25, -0.2) is 0 Å². The average Bonchev–Trinajstić information content (AvgIpc) is 3.29. The van der Waals surface area contributed by atoms with Crippen LogP contribution in [0, 0.1) is 0 Å². The predicted octanol–water partition coefficient (Wildman–Crippen LogP) is 5.95. The first kappa shape index (κ1) is 20.3. The second-order valence-corrected chi connectivity index (χ2v) is 8.30. The number of hydrogen-bond donors (Lipinski definition) is 2. The van der Waals surface area contributed by atoms with E-state index in [4.69, 9.17) is 0 Å². The van der Waals surface area contributed by atoms with Crippen LogP contribution in [0.4, 0.5) is 5.69 Å². The lowest BCUT2D eigenvalue weighted by Crippen LogP contribution is -2.44. The molecule has 4 heteroatoms. The van der Waals surface area contributed by atoms with E-state index in [1.807, 2.05) is 49.4 Å². The Morgan fingerprint density at radius 3 is 2.50 bits per heavy atom. The zero-order valence-corrected chi connectivity index (χ0v) is 18.2. The third kappa shape index (κ3) is 3.97. The number of carbonyl (C=O) groups is 1. The highest BCUT2D eigenvalue weighted by atomic mass is 16.2. The molecule has 0 fully saturated rings. The number of anilines is 1. The second-order valence-electron chi connectivity index (χ2n) is 8.30. The topological polar surface area (TPSA) is 48.1 Å². The Morgan fingerprint density at radius 1 is 0.938 bits per heavy atom. The molecule has 32 heavy (non-hydrogen) atoms. The van der Waals surface area contributed by atoms with Crippen molar-refractivity contribution in [1.29, 1.82) is 0 Å². The highest BCUT2D eigenvalue weighted by molar-refractivity contribution is 5.98. The molecule has 2 N–H and O–H groups in total. The first-order valence-corrected chi connectivity index (χ1v) is 11.2. The summed E-state index contributed by atoms with van der Waals surface area (Å²) < 4.78 is 0. The van der Waals surface area contributed by atoms with E-state index in [0.717, 1.165) is 41.8 Å². The lowest BCUT2D eigenvalue weighted by atomic mass is 9.98. The Bertz CT molecular complexity index is 1270. The minimum absolute atomic E-state index is 0.0253. The Labute approximate surface area is 188 Å². The van der Waals surface area contributed by atoms with Crippen LogP contribution < -0.4 is 5.32 Å². The molecule has 0 radical (unpaired) electrons. The van der Waals surface area contributed by atoms with E-state index in [9.17, 15) is 4.79 Å². The summed E-state index contributed by atoms with van der Waals surface area (Å²) in [5.41, 5.74) is 6.77. The average molecular weight is 422 g/mol. The maximum Gasteiger partial charge on any atom is 0.241 e. The van der Waals surface area contributed by atoms with E-state index >= 15 is 0 Å². The molecule has 1 amide bonds. The maximum absolute atomic E-state index is 13.1. The smallest absolute Gasteiger partial charge is 0.241 e. The first-order chi connectivity index (χ1) is 15.7. The Morgan fingerprint density at radius 2 is 1.69 bits per heavy atom. The number of nitrogens with one attached hydrogen (secondary N) is 2. The molecule has 1 atom stereocenters. The van der Waals surface area contributed by atoms with Gasteiger partial charge in [0.2, 0.25) is 5.91 Å². The number of fused-ring (bicyclic) bond motifs is 1. The number of amides is 1. The summed E-state index contributed by atoms with van der Waals surface area (Å²) in [7, 11) is 0. The SMILES string of the molecule is CC(C(=O)Nc1ccccc1-c1ccccc1)N1CC=C(c2c[nH]c3ccccc23)CC1. The summed E-state index contributed by atoms with van der Waals surface area (Å²) in [5.74, 6) is 0.0253. The molecule has 4 nitrogen and oxygen atoms in total. The Hall–Kier alpha value is -3.63. The quantitative estimate of drug-likeness (QED) is 0.418. The Kier molecular flexibility index (Phi) is 5.61. The molecule has 1 aliphatic heterocycles. The summed E-state index contributed by atoms with van der Waals surface area (Å²) in [5, 5.41) is 4.42. The van der Waals surface area contributed by atoms with Crippen molar-refractivity contribution >= 4 is 28.1 Å². The van der Waals surface area contributed by atoms with Crippen molar-refractivity contribution in [3.63, 3.8) is 0 Å². The number of rotatable bonds is 5. The van der Waals surface area contributed by atoms with Crippen LogP contribution in [0.15, 0.2) is 91.1 Å². The lowest BCUT2D eigenvalue weighted by molar-refractivity contribution is -0.120. The van der Waals surface area contributed by atoms with Crippen molar-refractivity contribution < 1.29 is 4.79 Å². The zero-order chi connectivity index (χ0) is 21.9. The van der Waals surface area contributed by atoms with E-state index in [1.54, 1.807) is 0 Å². The highest BCUT2D eigenvalue weighted by Crippen LogP contribution is 2.30. The van der Waals surface area contributed by atoms with Crippen molar-refractivity contribution in [1.82, 2.24) is 9.88 Å². The number of benzene rings is 3. The molecule has 160 valence electrons. The number of carbonyl (C=O) groups excluding carboxylic acids is 1. The standard InChI is InChI=1S/C28H27N3O/c1-20(28(32)30-27-14-8-5-11-23(27)21-9-3-2-4-10-21)31-17-15-22(16-18-31)25-19-29-26-13-7-6-12-24(25)26/h2-15,19-20,29H,16-18H2,1H3,(H,30,32). The van der Waals surface area contributed by atoms with E-state index in [1.165, 1.54) is 16.5 Å². The van der Waals surface area contributed by atoms with E-state index in [0.29, 0.717) is 0 Å². The van der Waals surface area contributed by atoms with Crippen molar-refractivity contribution in [2.24, 2.45) is 0 Å². The molecule has 0 spiro atoms. The maximum atomic E-state index is 13.1. The van der Waals surface area contributed by atoms with Crippen LogP contribution in [0.5, 0.6) is 0 Å². The van der Waals surface area contributed by atoms with Gasteiger partial charge in [-0.2, -0.15) is 0 Å². The molecule has 3 aromatic carbocycles. The van der Waals surface area contributed by atoms with Crippen LogP contribution in [0.2, 0.25) is 0 Å². The predicted molar refractivity (Wildman–Crippen MR) is 132 cm³/mol. The van der Waals surface area contributed by atoms with Gasteiger partial charge >= 0.3 is 0 Å². The Balaban J connectivity index is 1.29. The van der Waals surface area contributed by atoms with Crippen LogP contribution >= 0.6 is 0 Å². The normalized spacial score (nSPS) is 15.3. The molecule has 1 aliphatic rings. The molecule has 0 bridgehead atoms. The fraction of sp³-hybridized carbons (Fsp3) is 0.179. The van der Waals surface area contributed by atoms with Gasteiger partial charge in [0.25, 0.3) is 0 Å². The molecule has 0 aliphatic carbocycles. The van der Waals surface area contributed by atoms with Crippen molar-refractivity contribution in [2.75, 3.05) is 18.4 Å². The van der Waals surface area contributed by atoms with Crippen molar-refractivity contribution in [3.05, 3.63) is 96.7 Å². The number of aromatic nitrogens is 1. The van der Waals surface area contributed by atoms with Crippen LogP contribution in [0.3, 0.4) is 0 Å². The molecule has 1 aromatic heterocycles. The summed E-state index contributed by atoms with van der Waals surface area (Å²) >= 11 is 0. The number of hydrogen-bond acceptors (Lipinski definition) is 2. The van der Waals surface area contributed by atoms with E-state index in [-0.39, 0.29) is 11.9 Å². The minimum atomic E-state index is -0.209. The van der Waals surface area contributed by atoms with Crippen LogP contribution in [-0.4, -0.2) is 34.9 Å². The first-order valence-electron chi connectivity index (χ1n) is 11.2. The summed E-state index contributed by atoms with van der Waals surface area (Å²) in [6, 6.07) is 26.3. The van der Waals surface area contributed by atoms with Crippen molar-refractivity contribution in [2.45, 2.75) is 19.4 Å².